The molecule has 4 rings (SSSR count). The van der Waals surface area contributed by atoms with Crippen molar-refractivity contribution in [1.29, 1.82) is 0 Å². The maximum atomic E-state index is 13.2. The van der Waals surface area contributed by atoms with E-state index in [0.29, 0.717) is 33.7 Å². The monoisotopic (exact) mass is 413 g/mol. The molecular weight excluding hydrogens is 395 g/mol. The van der Waals surface area contributed by atoms with Crippen LogP contribution in [0.2, 0.25) is 0 Å². The number of alkyl halides is 3. The first-order chi connectivity index (χ1) is 14.2. The molecule has 1 aliphatic heterocycles. The standard InChI is InChI=1S/C23H18F3NO3/c1-3-30-22(29)17-12(2)27-20-15-6-4-5-7-16(15)21(28)19(20)18(17)13-8-10-14(11-9-13)23(24,25)26/h4-11,18,27H,3H2,1-2H3. The maximum Gasteiger partial charge on any atom is 0.416 e. The first-order valence-corrected chi connectivity index (χ1v) is 9.44. The number of carbonyl (C=O) groups excluding carboxylic acids is 2. The molecule has 1 unspecified atom stereocenters. The van der Waals surface area contributed by atoms with Crippen molar-refractivity contribution in [2.24, 2.45) is 0 Å². The van der Waals surface area contributed by atoms with Gasteiger partial charge in [-0.3, -0.25) is 4.79 Å². The van der Waals surface area contributed by atoms with Gasteiger partial charge in [-0.15, -0.1) is 0 Å². The van der Waals surface area contributed by atoms with Crippen molar-refractivity contribution >= 4 is 17.4 Å². The summed E-state index contributed by atoms with van der Waals surface area (Å²) in [5.41, 5.74) is 2.45. The summed E-state index contributed by atoms with van der Waals surface area (Å²) in [4.78, 5) is 26.0. The summed E-state index contributed by atoms with van der Waals surface area (Å²) in [6.07, 6.45) is -4.48. The molecule has 0 bridgehead atoms. The van der Waals surface area contributed by atoms with Gasteiger partial charge in [0.05, 0.1) is 23.4 Å². The van der Waals surface area contributed by atoms with Gasteiger partial charge in [-0.05, 0) is 31.5 Å². The normalized spacial score (nSPS) is 18.2. The van der Waals surface area contributed by atoms with Crippen molar-refractivity contribution in [2.45, 2.75) is 25.9 Å². The van der Waals surface area contributed by atoms with Crippen LogP contribution in [0, 0.1) is 0 Å². The third kappa shape index (κ3) is 3.10. The lowest BCUT2D eigenvalue weighted by Gasteiger charge is -2.29. The fourth-order valence-electron chi connectivity index (χ4n) is 4.01. The van der Waals surface area contributed by atoms with E-state index in [0.717, 1.165) is 12.1 Å². The van der Waals surface area contributed by atoms with Gasteiger partial charge in [0.25, 0.3) is 0 Å². The number of ether oxygens (including phenoxy) is 1. The Morgan fingerprint density at radius 3 is 2.30 bits per heavy atom. The summed E-state index contributed by atoms with van der Waals surface area (Å²) < 4.78 is 44.3. The number of hydrogen-bond donors (Lipinski definition) is 1. The highest BCUT2D eigenvalue weighted by molar-refractivity contribution is 6.23. The molecule has 0 saturated carbocycles. The highest BCUT2D eigenvalue weighted by Crippen LogP contribution is 2.47. The van der Waals surface area contributed by atoms with Gasteiger partial charge in [0.15, 0.2) is 5.78 Å². The van der Waals surface area contributed by atoms with Crippen LogP contribution >= 0.6 is 0 Å². The lowest BCUT2D eigenvalue weighted by Crippen LogP contribution is -2.29. The molecule has 2 aromatic carbocycles. The Balaban J connectivity index is 1.89. The number of esters is 1. The zero-order valence-corrected chi connectivity index (χ0v) is 16.3. The van der Waals surface area contributed by atoms with Crippen LogP contribution in [0.4, 0.5) is 13.2 Å². The molecule has 0 fully saturated rings. The fourth-order valence-corrected chi connectivity index (χ4v) is 4.01. The maximum absolute atomic E-state index is 13.2. The Morgan fingerprint density at radius 1 is 1.07 bits per heavy atom. The lowest BCUT2D eigenvalue weighted by atomic mass is 9.79. The van der Waals surface area contributed by atoms with Crippen LogP contribution in [0.5, 0.6) is 0 Å². The van der Waals surface area contributed by atoms with Crippen molar-refractivity contribution in [3.8, 4) is 0 Å². The summed E-state index contributed by atoms with van der Waals surface area (Å²) in [5, 5.41) is 3.15. The second-order valence-corrected chi connectivity index (χ2v) is 7.10. The van der Waals surface area contributed by atoms with Crippen LogP contribution in [0.3, 0.4) is 0 Å². The number of allylic oxidation sites excluding steroid dienone is 2. The van der Waals surface area contributed by atoms with Crippen LogP contribution in [-0.2, 0) is 15.7 Å². The van der Waals surface area contributed by atoms with Gasteiger partial charge < -0.3 is 10.1 Å². The Bertz CT molecular complexity index is 1110. The van der Waals surface area contributed by atoms with E-state index in [2.05, 4.69) is 5.32 Å². The Morgan fingerprint density at radius 2 is 1.70 bits per heavy atom. The molecule has 1 atom stereocenters. The van der Waals surface area contributed by atoms with Crippen molar-refractivity contribution in [2.75, 3.05) is 6.61 Å². The van der Waals surface area contributed by atoms with E-state index < -0.39 is 23.6 Å². The molecule has 0 spiro atoms. The minimum Gasteiger partial charge on any atom is -0.463 e. The summed E-state index contributed by atoms with van der Waals surface area (Å²) in [6, 6.07) is 11.6. The number of ketones is 1. The number of halogens is 3. The Labute approximate surface area is 171 Å². The fraction of sp³-hybridized carbons (Fsp3) is 0.217. The molecule has 4 nitrogen and oxygen atoms in total. The molecule has 1 N–H and O–H groups in total. The van der Waals surface area contributed by atoms with E-state index in [4.69, 9.17) is 4.74 Å². The Kier molecular flexibility index (Phi) is 4.76. The van der Waals surface area contributed by atoms with Crippen molar-refractivity contribution in [1.82, 2.24) is 5.32 Å². The van der Waals surface area contributed by atoms with Gasteiger partial charge >= 0.3 is 12.1 Å². The highest BCUT2D eigenvalue weighted by Gasteiger charge is 2.43. The number of rotatable bonds is 3. The molecule has 7 heteroatoms. The Hall–Kier alpha value is -3.35. The van der Waals surface area contributed by atoms with Gasteiger partial charge in [-0.25, -0.2) is 4.79 Å². The van der Waals surface area contributed by atoms with Crippen LogP contribution in [0.1, 0.15) is 46.8 Å². The second-order valence-electron chi connectivity index (χ2n) is 7.10. The summed E-state index contributed by atoms with van der Waals surface area (Å²) in [6.45, 7) is 3.49. The summed E-state index contributed by atoms with van der Waals surface area (Å²) in [5.74, 6) is -1.70. The molecule has 0 radical (unpaired) electrons. The molecule has 30 heavy (non-hydrogen) atoms. The summed E-state index contributed by atoms with van der Waals surface area (Å²) in [7, 11) is 0. The number of nitrogens with one attached hydrogen (secondary N) is 1. The van der Waals surface area contributed by atoms with Crippen LogP contribution < -0.4 is 5.32 Å². The molecule has 0 aromatic heterocycles. The van der Waals surface area contributed by atoms with E-state index in [1.165, 1.54) is 12.1 Å². The van der Waals surface area contributed by atoms with Crippen LogP contribution in [0.15, 0.2) is 65.4 Å². The average molecular weight is 413 g/mol. The number of benzene rings is 2. The molecule has 1 heterocycles. The topological polar surface area (TPSA) is 55.4 Å². The molecule has 2 aromatic rings. The zero-order valence-electron chi connectivity index (χ0n) is 16.3. The van der Waals surface area contributed by atoms with Gasteiger partial charge in [0.1, 0.15) is 0 Å². The molecule has 0 saturated heterocycles. The smallest absolute Gasteiger partial charge is 0.416 e. The van der Waals surface area contributed by atoms with Crippen LogP contribution in [-0.4, -0.2) is 18.4 Å². The average Bonchev–Trinajstić information content (AvgIpc) is 2.99. The minimum absolute atomic E-state index is 0.134. The highest BCUT2D eigenvalue weighted by atomic mass is 19.4. The number of carbonyl (C=O) groups is 2. The number of hydrogen-bond acceptors (Lipinski definition) is 4. The number of Topliss-reactive ketones (excluding diaryl/α,β-unsaturated/α-hetero) is 1. The predicted octanol–water partition coefficient (Wildman–Crippen LogP) is 4.84. The van der Waals surface area contributed by atoms with E-state index >= 15 is 0 Å². The molecule has 0 amide bonds. The molecule has 154 valence electrons. The number of fused-ring (bicyclic) bond motifs is 2. The van der Waals surface area contributed by atoms with Crippen molar-refractivity contribution < 1.29 is 27.5 Å². The minimum atomic E-state index is -4.48. The van der Waals surface area contributed by atoms with E-state index in [9.17, 15) is 22.8 Å². The van der Waals surface area contributed by atoms with Crippen LogP contribution in [0.25, 0.3) is 5.70 Å². The van der Waals surface area contributed by atoms with Gasteiger partial charge in [0.2, 0.25) is 0 Å². The molecule has 2 aliphatic rings. The zero-order chi connectivity index (χ0) is 21.6. The van der Waals surface area contributed by atoms with Gasteiger partial charge in [0, 0.05) is 28.3 Å². The summed E-state index contributed by atoms with van der Waals surface area (Å²) >= 11 is 0. The van der Waals surface area contributed by atoms with E-state index in [1.54, 1.807) is 38.1 Å². The largest absolute Gasteiger partial charge is 0.463 e. The van der Waals surface area contributed by atoms with Crippen molar-refractivity contribution in [3.05, 3.63) is 87.6 Å². The van der Waals surface area contributed by atoms with E-state index in [-0.39, 0.29) is 18.0 Å². The lowest BCUT2D eigenvalue weighted by molar-refractivity contribution is -0.139. The molecule has 1 aliphatic carbocycles. The molecular formula is C23H18F3NO3. The second kappa shape index (κ2) is 7.16. The number of dihydropyridines is 1. The first-order valence-electron chi connectivity index (χ1n) is 9.44. The third-order valence-electron chi connectivity index (χ3n) is 5.32. The first kappa shape index (κ1) is 19.9. The van der Waals surface area contributed by atoms with Gasteiger partial charge in [-0.2, -0.15) is 13.2 Å². The quantitative estimate of drug-likeness (QED) is 0.732. The SMILES string of the molecule is CCOC(=O)C1=C(C)NC2=C(C(=O)c3ccccc32)C1c1ccc(C(F)(F)F)cc1. The van der Waals surface area contributed by atoms with Crippen molar-refractivity contribution in [3.63, 3.8) is 0 Å². The van der Waals surface area contributed by atoms with E-state index in [1.807, 2.05) is 0 Å². The van der Waals surface area contributed by atoms with Gasteiger partial charge in [-0.1, -0.05) is 36.4 Å². The third-order valence-corrected chi connectivity index (χ3v) is 5.32. The predicted molar refractivity (Wildman–Crippen MR) is 104 cm³/mol.